The van der Waals surface area contributed by atoms with Gasteiger partial charge in [-0.1, -0.05) is 0 Å². The molecule has 0 aliphatic carbocycles. The number of benzene rings is 2. The summed E-state index contributed by atoms with van der Waals surface area (Å²) in [5.74, 6) is 0.394. The summed E-state index contributed by atoms with van der Waals surface area (Å²) in [6, 6.07) is 11.8. The minimum absolute atomic E-state index is 0.130. The fourth-order valence-electron chi connectivity index (χ4n) is 4.38. The quantitative estimate of drug-likeness (QED) is 0.608. The van der Waals surface area contributed by atoms with Gasteiger partial charge in [0.25, 0.3) is 0 Å². The highest BCUT2D eigenvalue weighted by atomic mass is 19.1. The van der Waals surface area contributed by atoms with Gasteiger partial charge < -0.3 is 14.7 Å². The Morgan fingerprint density at radius 3 is 2.48 bits per heavy atom. The zero-order valence-electron chi connectivity index (χ0n) is 18.3. The van der Waals surface area contributed by atoms with E-state index in [0.29, 0.717) is 29.0 Å². The van der Waals surface area contributed by atoms with Crippen LogP contribution in [-0.2, 0) is 6.54 Å². The van der Waals surface area contributed by atoms with Crippen molar-refractivity contribution in [2.75, 3.05) is 31.1 Å². The van der Waals surface area contributed by atoms with Crippen LogP contribution in [0.1, 0.15) is 27.0 Å². The lowest BCUT2D eigenvalue weighted by atomic mass is 9.99. The summed E-state index contributed by atoms with van der Waals surface area (Å²) in [6.07, 6.45) is 5.02. The van der Waals surface area contributed by atoms with Gasteiger partial charge in [-0.15, -0.1) is 0 Å². The van der Waals surface area contributed by atoms with Gasteiger partial charge >= 0.3 is 0 Å². The topological polar surface area (TPSA) is 65.9 Å². The zero-order valence-corrected chi connectivity index (χ0v) is 18.3. The molecule has 0 atom stereocenters. The molecule has 168 valence electrons. The molecule has 0 spiro atoms. The van der Waals surface area contributed by atoms with Gasteiger partial charge in [-0.3, -0.25) is 14.7 Å². The highest BCUT2D eigenvalue weighted by molar-refractivity contribution is 6.15. The Labute approximate surface area is 191 Å². The van der Waals surface area contributed by atoms with Crippen molar-refractivity contribution in [2.24, 2.45) is 0 Å². The number of phenols is 1. The molecule has 7 heteroatoms. The maximum absolute atomic E-state index is 13.2. The number of phenolic OH excluding ortho intramolecular Hbond substituents is 1. The van der Waals surface area contributed by atoms with Gasteiger partial charge in [0.05, 0.1) is 11.1 Å². The lowest BCUT2D eigenvalue weighted by molar-refractivity contribution is 0.101. The first-order valence-electron chi connectivity index (χ1n) is 10.9. The average molecular weight is 445 g/mol. The van der Waals surface area contributed by atoms with Crippen molar-refractivity contribution in [1.82, 2.24) is 9.88 Å². The van der Waals surface area contributed by atoms with Crippen molar-refractivity contribution in [3.05, 3.63) is 88.7 Å². The molecule has 5 rings (SSSR count). The highest BCUT2D eigenvalue weighted by Crippen LogP contribution is 2.42. The molecule has 2 aromatic carbocycles. The third kappa shape index (κ3) is 4.19. The third-order valence-electron chi connectivity index (χ3n) is 6.17. The van der Waals surface area contributed by atoms with Gasteiger partial charge in [-0.2, -0.15) is 0 Å². The Hall–Kier alpha value is -3.71. The molecule has 2 aliphatic rings. The second-order valence-corrected chi connectivity index (χ2v) is 8.36. The van der Waals surface area contributed by atoms with Crippen LogP contribution in [0.15, 0.2) is 60.6 Å². The molecule has 1 saturated heterocycles. The molecule has 1 aromatic heterocycles. The Bertz CT molecular complexity index is 1220. The first kappa shape index (κ1) is 21.2. The molecule has 33 heavy (non-hydrogen) atoms. The monoisotopic (exact) mass is 445 g/mol. The Balaban J connectivity index is 1.35. The third-order valence-corrected chi connectivity index (χ3v) is 6.17. The Morgan fingerprint density at radius 1 is 1.09 bits per heavy atom. The summed E-state index contributed by atoms with van der Waals surface area (Å²) >= 11 is 0. The number of piperazine rings is 1. The normalized spacial score (nSPS) is 17.3. The maximum atomic E-state index is 13.2. The molecular weight excluding hydrogens is 421 g/mol. The number of ketones is 1. The molecule has 1 fully saturated rings. The van der Waals surface area contributed by atoms with Gasteiger partial charge in [0, 0.05) is 50.8 Å². The van der Waals surface area contributed by atoms with E-state index in [4.69, 9.17) is 4.74 Å². The zero-order chi connectivity index (χ0) is 22.9. The lowest BCUT2D eigenvalue weighted by Gasteiger charge is -2.36. The number of nitrogens with zero attached hydrogens (tertiary/aromatic N) is 3. The molecule has 2 aliphatic heterocycles. The summed E-state index contributed by atoms with van der Waals surface area (Å²) in [7, 11) is 0. The van der Waals surface area contributed by atoms with Crippen LogP contribution in [0.3, 0.4) is 0 Å². The highest BCUT2D eigenvalue weighted by Gasteiger charge is 2.34. The van der Waals surface area contributed by atoms with E-state index in [1.807, 2.05) is 0 Å². The van der Waals surface area contributed by atoms with Gasteiger partial charge in [-0.05, 0) is 66.6 Å². The van der Waals surface area contributed by atoms with Crippen LogP contribution in [0.4, 0.5) is 10.1 Å². The standard InChI is InChI=1S/C26H24FN3O3/c1-17-14-22(31)21(16-29-10-12-30(13-11-29)20-4-2-19(27)3-5-20)26-24(17)25(32)23(33-26)15-18-6-8-28-9-7-18/h2-9,14-15,31H,10-13,16H2,1H3/b23-15-. The lowest BCUT2D eigenvalue weighted by Crippen LogP contribution is -2.46. The summed E-state index contributed by atoms with van der Waals surface area (Å²) < 4.78 is 19.2. The summed E-state index contributed by atoms with van der Waals surface area (Å²) in [4.78, 5) is 21.5. The SMILES string of the molecule is Cc1cc(O)c(CN2CCN(c3ccc(F)cc3)CC2)c2c1C(=O)/C(=C/c1ccncc1)O2. The van der Waals surface area contributed by atoms with Crippen LogP contribution in [0.5, 0.6) is 11.5 Å². The van der Waals surface area contributed by atoms with E-state index in [1.165, 1.54) is 12.1 Å². The summed E-state index contributed by atoms with van der Waals surface area (Å²) in [6.45, 7) is 5.39. The van der Waals surface area contributed by atoms with Crippen LogP contribution in [0.25, 0.3) is 6.08 Å². The predicted octanol–water partition coefficient (Wildman–Crippen LogP) is 4.17. The van der Waals surface area contributed by atoms with E-state index in [2.05, 4.69) is 14.8 Å². The number of Topliss-reactive ketones (excluding diaryl/α,β-unsaturated/α-hetero) is 1. The Morgan fingerprint density at radius 2 is 1.79 bits per heavy atom. The number of aryl methyl sites for hydroxylation is 1. The Kier molecular flexibility index (Phi) is 5.56. The molecule has 0 saturated carbocycles. The van der Waals surface area contributed by atoms with Crippen LogP contribution >= 0.6 is 0 Å². The van der Waals surface area contributed by atoms with Crippen molar-refractivity contribution in [1.29, 1.82) is 0 Å². The number of carbonyl (C=O) groups excluding carboxylic acids is 1. The molecular formula is C26H24FN3O3. The number of aromatic nitrogens is 1. The molecule has 0 unspecified atom stereocenters. The average Bonchev–Trinajstić information content (AvgIpc) is 3.14. The number of halogens is 1. The number of pyridine rings is 1. The molecule has 3 aromatic rings. The van der Waals surface area contributed by atoms with E-state index in [-0.39, 0.29) is 23.1 Å². The van der Waals surface area contributed by atoms with Gasteiger partial charge in [0.2, 0.25) is 5.78 Å². The van der Waals surface area contributed by atoms with E-state index in [0.717, 1.165) is 37.4 Å². The molecule has 0 bridgehead atoms. The molecule has 3 heterocycles. The molecule has 1 N–H and O–H groups in total. The van der Waals surface area contributed by atoms with E-state index >= 15 is 0 Å². The van der Waals surface area contributed by atoms with Crippen molar-refractivity contribution in [2.45, 2.75) is 13.5 Å². The smallest absolute Gasteiger partial charge is 0.232 e. The number of carbonyl (C=O) groups is 1. The number of aromatic hydroxyl groups is 1. The fourth-order valence-corrected chi connectivity index (χ4v) is 4.38. The number of allylic oxidation sites excluding steroid dienone is 1. The van der Waals surface area contributed by atoms with E-state index < -0.39 is 0 Å². The van der Waals surface area contributed by atoms with Crippen LogP contribution < -0.4 is 9.64 Å². The van der Waals surface area contributed by atoms with Crippen molar-refractivity contribution in [3.8, 4) is 11.5 Å². The summed E-state index contributed by atoms with van der Waals surface area (Å²) in [5, 5.41) is 10.7. The van der Waals surface area contributed by atoms with E-state index in [9.17, 15) is 14.3 Å². The van der Waals surface area contributed by atoms with Gasteiger partial charge in [0.1, 0.15) is 17.3 Å². The number of fused-ring (bicyclic) bond motifs is 1. The molecule has 6 nitrogen and oxygen atoms in total. The first-order chi connectivity index (χ1) is 16.0. The fraction of sp³-hybridized carbons (Fsp3) is 0.231. The van der Waals surface area contributed by atoms with Crippen LogP contribution in [0.2, 0.25) is 0 Å². The van der Waals surface area contributed by atoms with Gasteiger partial charge in [0.15, 0.2) is 5.76 Å². The van der Waals surface area contributed by atoms with Crippen LogP contribution in [0, 0.1) is 12.7 Å². The van der Waals surface area contributed by atoms with Crippen molar-refractivity contribution in [3.63, 3.8) is 0 Å². The van der Waals surface area contributed by atoms with Crippen LogP contribution in [-0.4, -0.2) is 47.0 Å². The van der Waals surface area contributed by atoms with Crippen molar-refractivity contribution < 1.29 is 19.0 Å². The number of anilines is 1. The van der Waals surface area contributed by atoms with Gasteiger partial charge in [-0.25, -0.2) is 4.39 Å². The minimum atomic E-state index is -0.243. The minimum Gasteiger partial charge on any atom is -0.507 e. The molecule has 0 radical (unpaired) electrons. The first-order valence-corrected chi connectivity index (χ1v) is 10.9. The second kappa shape index (κ2) is 8.67. The number of hydrogen-bond donors (Lipinski definition) is 1. The predicted molar refractivity (Wildman–Crippen MR) is 124 cm³/mol. The second-order valence-electron chi connectivity index (χ2n) is 8.36. The number of hydrogen-bond acceptors (Lipinski definition) is 6. The van der Waals surface area contributed by atoms with E-state index in [1.54, 1.807) is 55.7 Å². The summed E-state index contributed by atoms with van der Waals surface area (Å²) in [5.41, 5.74) is 3.64. The number of rotatable bonds is 4. The van der Waals surface area contributed by atoms with Crippen molar-refractivity contribution >= 4 is 17.5 Å². The number of ether oxygens (including phenoxy) is 1. The molecule has 0 amide bonds. The largest absolute Gasteiger partial charge is 0.507 e. The maximum Gasteiger partial charge on any atom is 0.232 e.